The van der Waals surface area contributed by atoms with E-state index in [1.807, 2.05) is 13.0 Å². The van der Waals surface area contributed by atoms with Crippen molar-refractivity contribution in [3.63, 3.8) is 0 Å². The van der Waals surface area contributed by atoms with Crippen LogP contribution in [-0.4, -0.2) is 30.9 Å². The molecule has 1 aromatic carbocycles. The molecule has 0 unspecified atom stereocenters. The fourth-order valence-corrected chi connectivity index (χ4v) is 3.37. The first-order chi connectivity index (χ1) is 12.0. The highest BCUT2D eigenvalue weighted by molar-refractivity contribution is 7.14. The molecule has 2 aromatic rings. The Hall–Kier alpha value is -2.67. The lowest BCUT2D eigenvalue weighted by Crippen LogP contribution is -2.23. The molecule has 6 nitrogen and oxygen atoms in total. The highest BCUT2D eigenvalue weighted by Gasteiger charge is 2.23. The van der Waals surface area contributed by atoms with Crippen LogP contribution in [0.1, 0.15) is 27.4 Å². The number of amides is 2. The minimum Gasteiger partial charge on any atom is -0.447 e. The van der Waals surface area contributed by atoms with Crippen LogP contribution >= 0.6 is 11.3 Å². The Morgan fingerprint density at radius 2 is 2.08 bits per heavy atom. The second-order valence-electron chi connectivity index (χ2n) is 5.70. The van der Waals surface area contributed by atoms with Crippen LogP contribution < -0.4 is 10.2 Å². The molecule has 1 aliphatic heterocycles. The molecule has 130 valence electrons. The van der Waals surface area contributed by atoms with E-state index >= 15 is 0 Å². The highest BCUT2D eigenvalue weighted by atomic mass is 32.1. The number of hydrogen-bond donors (Lipinski definition) is 1. The van der Waals surface area contributed by atoms with Crippen molar-refractivity contribution < 1.29 is 19.1 Å². The van der Waals surface area contributed by atoms with Crippen molar-refractivity contribution in [1.29, 1.82) is 0 Å². The molecule has 25 heavy (non-hydrogen) atoms. The van der Waals surface area contributed by atoms with Crippen molar-refractivity contribution in [3.8, 4) is 0 Å². The van der Waals surface area contributed by atoms with Gasteiger partial charge in [-0.2, -0.15) is 0 Å². The number of nitrogens with zero attached hydrogens (tertiary/aromatic N) is 1. The van der Waals surface area contributed by atoms with E-state index in [4.69, 9.17) is 4.74 Å². The molecule has 2 heterocycles. The van der Waals surface area contributed by atoms with Crippen molar-refractivity contribution in [2.75, 3.05) is 23.4 Å². The largest absolute Gasteiger partial charge is 0.447 e. The van der Waals surface area contributed by atoms with Gasteiger partial charge in [0.25, 0.3) is 0 Å². The number of rotatable bonds is 6. The molecule has 1 aliphatic rings. The molecule has 3 rings (SSSR count). The van der Waals surface area contributed by atoms with Gasteiger partial charge >= 0.3 is 6.09 Å². The maximum Gasteiger partial charge on any atom is 0.414 e. The second kappa shape index (κ2) is 7.48. The number of carbonyl (C=O) groups excluding carboxylic acids is 3. The van der Waals surface area contributed by atoms with Gasteiger partial charge in [-0.15, -0.1) is 11.3 Å². The van der Waals surface area contributed by atoms with E-state index in [0.29, 0.717) is 29.4 Å². The van der Waals surface area contributed by atoms with Gasteiger partial charge in [0.2, 0.25) is 5.91 Å². The first kappa shape index (κ1) is 17.2. The molecule has 2 amide bonds. The van der Waals surface area contributed by atoms with Crippen LogP contribution in [0.2, 0.25) is 0 Å². The Balaban J connectivity index is 1.56. The van der Waals surface area contributed by atoms with Crippen molar-refractivity contribution in [2.24, 2.45) is 0 Å². The average Bonchev–Trinajstić information content (AvgIpc) is 3.21. The van der Waals surface area contributed by atoms with E-state index in [-0.39, 0.29) is 30.6 Å². The molecule has 1 fully saturated rings. The van der Waals surface area contributed by atoms with Crippen molar-refractivity contribution in [3.05, 3.63) is 46.2 Å². The van der Waals surface area contributed by atoms with Gasteiger partial charge in [-0.25, -0.2) is 4.79 Å². The predicted octanol–water partition coefficient (Wildman–Crippen LogP) is 3.61. The lowest BCUT2D eigenvalue weighted by Gasteiger charge is -2.14. The average molecular weight is 358 g/mol. The van der Waals surface area contributed by atoms with Crippen LogP contribution in [0.4, 0.5) is 16.2 Å². The topological polar surface area (TPSA) is 75.7 Å². The summed E-state index contributed by atoms with van der Waals surface area (Å²) in [6.07, 6.45) is -0.101. The van der Waals surface area contributed by atoms with Gasteiger partial charge in [0, 0.05) is 29.1 Å². The molecule has 0 radical (unpaired) electrons. The molecule has 1 saturated heterocycles. The van der Waals surface area contributed by atoms with Crippen LogP contribution in [0.3, 0.4) is 0 Å². The fourth-order valence-electron chi connectivity index (χ4n) is 2.54. The normalized spacial score (nSPS) is 13.6. The number of anilines is 2. The van der Waals surface area contributed by atoms with Crippen molar-refractivity contribution in [1.82, 2.24) is 0 Å². The number of aryl methyl sites for hydroxylation is 1. The first-order valence-corrected chi connectivity index (χ1v) is 8.78. The summed E-state index contributed by atoms with van der Waals surface area (Å²) in [6.45, 7) is 2.79. The Bertz CT molecular complexity index is 815. The number of benzene rings is 1. The van der Waals surface area contributed by atoms with Crippen molar-refractivity contribution >= 4 is 40.5 Å². The summed E-state index contributed by atoms with van der Waals surface area (Å²) in [6, 6.07) is 10.7. The van der Waals surface area contributed by atoms with Gasteiger partial charge in [0.05, 0.1) is 11.4 Å². The van der Waals surface area contributed by atoms with E-state index < -0.39 is 0 Å². The molecule has 7 heteroatoms. The standard InChI is InChI=1S/C18H18N2O4S/c1-12-5-7-16(25-12)15(21)6-8-17(22)19-13-3-2-4-14(11-13)20-9-10-24-18(20)23/h2-5,7,11H,6,8-10H2,1H3,(H,19,22). The lowest BCUT2D eigenvalue weighted by molar-refractivity contribution is -0.116. The summed E-state index contributed by atoms with van der Waals surface area (Å²) in [5, 5.41) is 2.77. The molecule has 0 bridgehead atoms. The van der Waals surface area contributed by atoms with E-state index in [9.17, 15) is 14.4 Å². The third kappa shape index (κ3) is 4.24. The zero-order valence-electron chi connectivity index (χ0n) is 13.8. The molecule has 0 spiro atoms. The number of hydrogen-bond acceptors (Lipinski definition) is 5. The van der Waals surface area contributed by atoms with Crippen LogP contribution in [-0.2, 0) is 9.53 Å². The summed E-state index contributed by atoms with van der Waals surface area (Å²) in [7, 11) is 0. The SMILES string of the molecule is Cc1ccc(C(=O)CCC(=O)Nc2cccc(N3CCOC3=O)c2)s1. The number of thiophene rings is 1. The third-order valence-corrected chi connectivity index (χ3v) is 4.84. The molecule has 1 N–H and O–H groups in total. The van der Waals surface area contributed by atoms with Crippen molar-refractivity contribution in [2.45, 2.75) is 19.8 Å². The highest BCUT2D eigenvalue weighted by Crippen LogP contribution is 2.23. The molecular formula is C18H18N2O4S. The van der Waals surface area contributed by atoms with E-state index in [2.05, 4.69) is 5.32 Å². The monoisotopic (exact) mass is 358 g/mol. The molecule has 1 aromatic heterocycles. The van der Waals surface area contributed by atoms with Gasteiger partial charge in [-0.05, 0) is 37.3 Å². The summed E-state index contributed by atoms with van der Waals surface area (Å²) >= 11 is 1.44. The summed E-state index contributed by atoms with van der Waals surface area (Å²) in [4.78, 5) is 39.0. The van der Waals surface area contributed by atoms with E-state index in [1.165, 1.54) is 16.2 Å². The maximum absolute atomic E-state index is 12.1. The number of cyclic esters (lactones) is 1. The molecule has 0 saturated carbocycles. The number of ketones is 1. The Morgan fingerprint density at radius 1 is 1.24 bits per heavy atom. The first-order valence-electron chi connectivity index (χ1n) is 7.97. The molecular weight excluding hydrogens is 340 g/mol. The quantitative estimate of drug-likeness (QED) is 0.800. The van der Waals surface area contributed by atoms with Gasteiger partial charge in [0.15, 0.2) is 5.78 Å². The van der Waals surface area contributed by atoms with E-state index in [0.717, 1.165) is 4.88 Å². The molecule has 0 aliphatic carbocycles. The Kier molecular flexibility index (Phi) is 5.14. The number of carbonyl (C=O) groups is 3. The zero-order chi connectivity index (χ0) is 17.8. The summed E-state index contributed by atoms with van der Waals surface area (Å²) < 4.78 is 4.91. The van der Waals surface area contributed by atoms with Gasteiger partial charge in [0.1, 0.15) is 6.61 Å². The van der Waals surface area contributed by atoms with Gasteiger partial charge in [-0.3, -0.25) is 14.5 Å². The van der Waals surface area contributed by atoms with Crippen LogP contribution in [0.5, 0.6) is 0 Å². The Morgan fingerprint density at radius 3 is 2.76 bits per heavy atom. The predicted molar refractivity (Wildman–Crippen MR) is 96.4 cm³/mol. The van der Waals surface area contributed by atoms with Crippen LogP contribution in [0.15, 0.2) is 36.4 Å². The maximum atomic E-state index is 12.1. The number of ether oxygens (including phenoxy) is 1. The summed E-state index contributed by atoms with van der Waals surface area (Å²) in [5.41, 5.74) is 1.26. The number of nitrogens with one attached hydrogen (secondary N) is 1. The van der Waals surface area contributed by atoms with Gasteiger partial charge < -0.3 is 10.1 Å². The van der Waals surface area contributed by atoms with Crippen LogP contribution in [0, 0.1) is 6.92 Å². The smallest absolute Gasteiger partial charge is 0.414 e. The minimum absolute atomic E-state index is 0.0261. The van der Waals surface area contributed by atoms with Gasteiger partial charge in [-0.1, -0.05) is 6.07 Å². The lowest BCUT2D eigenvalue weighted by atomic mass is 10.2. The number of Topliss-reactive ketones (excluding diaryl/α,β-unsaturated/α-hetero) is 1. The Labute approximate surface area is 149 Å². The molecule has 0 atom stereocenters. The van der Waals surface area contributed by atoms with Crippen LogP contribution in [0.25, 0.3) is 0 Å². The second-order valence-corrected chi connectivity index (χ2v) is 6.99. The fraction of sp³-hybridized carbons (Fsp3) is 0.278. The zero-order valence-corrected chi connectivity index (χ0v) is 14.6. The summed E-state index contributed by atoms with van der Waals surface area (Å²) in [5.74, 6) is -0.260. The van der Waals surface area contributed by atoms with E-state index in [1.54, 1.807) is 30.3 Å². The third-order valence-electron chi connectivity index (χ3n) is 3.80. The minimum atomic E-state index is -0.389.